The van der Waals surface area contributed by atoms with Gasteiger partial charge < -0.3 is 25.6 Å². The first-order chi connectivity index (χ1) is 11.4. The van der Waals surface area contributed by atoms with Crippen LogP contribution >= 0.6 is 0 Å². The van der Waals surface area contributed by atoms with E-state index in [1.807, 2.05) is 12.1 Å². The normalized spacial score (nSPS) is 15.0. The summed E-state index contributed by atoms with van der Waals surface area (Å²) in [7, 11) is 0. The molecule has 1 rings (SSSR count). The van der Waals surface area contributed by atoms with Crippen molar-refractivity contribution in [1.82, 2.24) is 10.6 Å². The summed E-state index contributed by atoms with van der Waals surface area (Å²) in [6.07, 6.45) is -1.32. The maximum absolute atomic E-state index is 12.2. The van der Waals surface area contributed by atoms with E-state index in [9.17, 15) is 24.6 Å². The Kier molecular flexibility index (Phi) is 6.70. The van der Waals surface area contributed by atoms with Crippen LogP contribution < -0.4 is 15.7 Å². The lowest BCUT2D eigenvalue weighted by molar-refractivity contribution is -0.310. The van der Waals surface area contributed by atoms with Crippen molar-refractivity contribution >= 4 is 17.8 Å². The van der Waals surface area contributed by atoms with Crippen LogP contribution in [0.2, 0.25) is 0 Å². The molecule has 0 saturated carbocycles. The second-order valence-electron chi connectivity index (χ2n) is 7.07. The second kappa shape index (κ2) is 8.11. The lowest BCUT2D eigenvalue weighted by Crippen LogP contribution is -2.57. The van der Waals surface area contributed by atoms with Gasteiger partial charge in [-0.05, 0) is 37.0 Å². The van der Waals surface area contributed by atoms with Crippen molar-refractivity contribution in [2.24, 2.45) is 0 Å². The molecular formula is C18H25N2O5-. The number of carbonyl (C=O) groups excluding carboxylic acids is 3. The van der Waals surface area contributed by atoms with E-state index in [1.54, 1.807) is 12.1 Å². The molecule has 0 saturated heterocycles. The molecule has 0 aliphatic rings. The predicted octanol–water partition coefficient (Wildman–Crippen LogP) is -0.282. The monoisotopic (exact) mass is 349 g/mol. The minimum atomic E-state index is -1.60. The number of carboxylic acid groups (broad SMARTS) is 1. The molecule has 0 aliphatic carbocycles. The van der Waals surface area contributed by atoms with Crippen LogP contribution in [0.3, 0.4) is 0 Å². The van der Waals surface area contributed by atoms with Crippen LogP contribution in [0.15, 0.2) is 24.3 Å². The Morgan fingerprint density at radius 2 is 1.56 bits per heavy atom. The van der Waals surface area contributed by atoms with E-state index in [1.165, 1.54) is 13.8 Å². The number of aliphatic carboxylic acids is 1. The van der Waals surface area contributed by atoms with Crippen LogP contribution in [0.4, 0.5) is 0 Å². The van der Waals surface area contributed by atoms with Gasteiger partial charge in [0.2, 0.25) is 5.91 Å². The summed E-state index contributed by atoms with van der Waals surface area (Å²) in [6, 6.07) is 4.51. The molecule has 3 atom stereocenters. The van der Waals surface area contributed by atoms with Gasteiger partial charge in [0.25, 0.3) is 5.91 Å². The smallest absolute Gasteiger partial charge is 0.251 e. The summed E-state index contributed by atoms with van der Waals surface area (Å²) in [5.41, 5.74) is 1.42. The minimum Gasteiger partial charge on any atom is -0.548 e. The van der Waals surface area contributed by atoms with Crippen LogP contribution in [-0.4, -0.2) is 41.1 Å². The number of carbonyl (C=O) groups is 3. The van der Waals surface area contributed by atoms with Crippen molar-refractivity contribution in [3.63, 3.8) is 0 Å². The van der Waals surface area contributed by atoms with Crippen molar-refractivity contribution in [3.05, 3.63) is 35.4 Å². The molecule has 138 valence electrons. The Balaban J connectivity index is 2.72. The number of carboxylic acids is 1. The van der Waals surface area contributed by atoms with Gasteiger partial charge in [0.1, 0.15) is 6.04 Å². The highest BCUT2D eigenvalue weighted by Crippen LogP contribution is 2.22. The first-order valence-corrected chi connectivity index (χ1v) is 8.04. The fourth-order valence-electron chi connectivity index (χ4n) is 2.12. The molecule has 0 spiro atoms. The van der Waals surface area contributed by atoms with Gasteiger partial charge in [0, 0.05) is 5.56 Å². The molecule has 3 N–H and O–H groups in total. The molecule has 7 nitrogen and oxygen atoms in total. The third-order valence-corrected chi connectivity index (χ3v) is 3.79. The molecule has 1 aromatic rings. The van der Waals surface area contributed by atoms with E-state index in [0.29, 0.717) is 5.56 Å². The topological polar surface area (TPSA) is 119 Å². The van der Waals surface area contributed by atoms with Crippen LogP contribution in [0, 0.1) is 0 Å². The summed E-state index contributed by atoms with van der Waals surface area (Å²) < 4.78 is 0. The zero-order chi connectivity index (χ0) is 19.4. The highest BCUT2D eigenvalue weighted by molar-refractivity contribution is 5.98. The Morgan fingerprint density at radius 3 is 1.96 bits per heavy atom. The van der Waals surface area contributed by atoms with E-state index >= 15 is 0 Å². The largest absolute Gasteiger partial charge is 0.548 e. The van der Waals surface area contributed by atoms with E-state index < -0.39 is 36.0 Å². The van der Waals surface area contributed by atoms with Crippen LogP contribution in [0.1, 0.15) is 50.5 Å². The molecule has 0 fully saturated rings. The maximum Gasteiger partial charge on any atom is 0.251 e. The fraction of sp³-hybridized carbons (Fsp3) is 0.500. The minimum absolute atomic E-state index is 0.0386. The first kappa shape index (κ1) is 20.6. The van der Waals surface area contributed by atoms with Gasteiger partial charge in [-0.3, -0.25) is 9.59 Å². The second-order valence-corrected chi connectivity index (χ2v) is 7.07. The molecule has 0 aliphatic heterocycles. The summed E-state index contributed by atoms with van der Waals surface area (Å²) in [5, 5.41) is 24.9. The van der Waals surface area contributed by atoms with Gasteiger partial charge in [-0.2, -0.15) is 0 Å². The Hall–Kier alpha value is -2.41. The molecule has 0 aromatic heterocycles. The SMILES string of the molecule is C[C@H](NC(=O)c1ccc(C(C)(C)C)cc1)C(=O)N[C@@H](C(=O)[O-])[C@H](C)O. The summed E-state index contributed by atoms with van der Waals surface area (Å²) in [5.74, 6) is -2.78. The quantitative estimate of drug-likeness (QED) is 0.653. The lowest BCUT2D eigenvalue weighted by Gasteiger charge is -2.24. The van der Waals surface area contributed by atoms with E-state index in [4.69, 9.17) is 0 Å². The van der Waals surface area contributed by atoms with Crippen molar-refractivity contribution in [3.8, 4) is 0 Å². The lowest BCUT2D eigenvalue weighted by atomic mass is 9.86. The molecule has 25 heavy (non-hydrogen) atoms. The number of nitrogens with one attached hydrogen (secondary N) is 2. The number of hydrogen-bond acceptors (Lipinski definition) is 5. The maximum atomic E-state index is 12.2. The van der Waals surface area contributed by atoms with Crippen molar-refractivity contribution in [2.45, 2.75) is 58.2 Å². The van der Waals surface area contributed by atoms with Gasteiger partial charge in [-0.1, -0.05) is 32.9 Å². The number of hydrogen-bond donors (Lipinski definition) is 3. The molecule has 7 heteroatoms. The van der Waals surface area contributed by atoms with Crippen LogP contribution in [0.25, 0.3) is 0 Å². The third kappa shape index (κ3) is 5.86. The Morgan fingerprint density at radius 1 is 1.04 bits per heavy atom. The van der Waals surface area contributed by atoms with Crippen LogP contribution in [-0.2, 0) is 15.0 Å². The number of aliphatic hydroxyl groups is 1. The molecule has 0 heterocycles. The molecule has 0 radical (unpaired) electrons. The highest BCUT2D eigenvalue weighted by Gasteiger charge is 2.23. The molecule has 0 unspecified atom stereocenters. The van der Waals surface area contributed by atoms with E-state index in [0.717, 1.165) is 5.56 Å². The zero-order valence-electron chi connectivity index (χ0n) is 15.1. The number of aliphatic hydroxyl groups excluding tert-OH is 1. The third-order valence-electron chi connectivity index (χ3n) is 3.79. The van der Waals surface area contributed by atoms with Gasteiger partial charge in [0.15, 0.2) is 0 Å². The number of benzene rings is 1. The number of amides is 2. The van der Waals surface area contributed by atoms with Gasteiger partial charge in [-0.25, -0.2) is 0 Å². The van der Waals surface area contributed by atoms with Gasteiger partial charge >= 0.3 is 0 Å². The van der Waals surface area contributed by atoms with Crippen molar-refractivity contribution in [1.29, 1.82) is 0 Å². The van der Waals surface area contributed by atoms with E-state index in [-0.39, 0.29) is 5.41 Å². The van der Waals surface area contributed by atoms with Gasteiger partial charge in [-0.15, -0.1) is 0 Å². The van der Waals surface area contributed by atoms with E-state index in [2.05, 4.69) is 31.4 Å². The fourth-order valence-corrected chi connectivity index (χ4v) is 2.12. The first-order valence-electron chi connectivity index (χ1n) is 8.04. The van der Waals surface area contributed by atoms with Gasteiger partial charge in [0.05, 0.1) is 18.1 Å². The predicted molar refractivity (Wildman–Crippen MR) is 90.7 cm³/mol. The van der Waals surface area contributed by atoms with Crippen LogP contribution in [0.5, 0.6) is 0 Å². The number of rotatable bonds is 6. The summed E-state index contributed by atoms with van der Waals surface area (Å²) in [6.45, 7) is 8.82. The van der Waals surface area contributed by atoms with Crippen molar-refractivity contribution in [2.75, 3.05) is 0 Å². The Bertz CT molecular complexity index is 632. The molecule has 0 bridgehead atoms. The van der Waals surface area contributed by atoms with Crippen molar-refractivity contribution < 1.29 is 24.6 Å². The highest BCUT2D eigenvalue weighted by atomic mass is 16.4. The average Bonchev–Trinajstić information content (AvgIpc) is 2.50. The summed E-state index contributed by atoms with van der Waals surface area (Å²) >= 11 is 0. The molecule has 1 aromatic carbocycles. The average molecular weight is 349 g/mol. The zero-order valence-corrected chi connectivity index (χ0v) is 15.1. The molecule has 2 amide bonds. The molecular weight excluding hydrogens is 324 g/mol. The Labute approximate surface area is 147 Å². The standard InChI is InChI=1S/C18H26N2O5/c1-10(15(22)20-14(11(2)21)17(24)25)19-16(23)12-6-8-13(9-7-12)18(3,4)5/h6-11,14,21H,1-5H3,(H,19,23)(H,20,22)(H,24,25)/p-1/t10-,11-,14+/m0/s1. The summed E-state index contributed by atoms with van der Waals surface area (Å²) in [4.78, 5) is 35.1.